The van der Waals surface area contributed by atoms with Crippen LogP contribution in [0.25, 0.3) is 0 Å². The quantitative estimate of drug-likeness (QED) is 0.857. The number of nitrogens with zero attached hydrogens (tertiary/aromatic N) is 2. The van der Waals surface area contributed by atoms with Crippen molar-refractivity contribution in [2.75, 3.05) is 24.3 Å². The number of halogens is 2. The largest absolute Gasteiger partial charge is 0.377 e. The van der Waals surface area contributed by atoms with Crippen molar-refractivity contribution in [3.05, 3.63) is 41.7 Å². The zero-order valence-electron chi connectivity index (χ0n) is 11.8. The van der Waals surface area contributed by atoms with Crippen molar-refractivity contribution in [3.8, 4) is 0 Å². The molecule has 1 aromatic heterocycles. The monoisotopic (exact) mass is 294 g/mol. The van der Waals surface area contributed by atoms with E-state index in [2.05, 4.69) is 20.6 Å². The van der Waals surface area contributed by atoms with Gasteiger partial charge in [-0.1, -0.05) is 6.07 Å². The van der Waals surface area contributed by atoms with Crippen LogP contribution in [0.3, 0.4) is 0 Å². The SMILES string of the molecule is CCNc1cc(Nc2c(F)cccc2F)nc(COC)n1. The predicted molar refractivity (Wildman–Crippen MR) is 76.5 cm³/mol. The molecule has 112 valence electrons. The van der Waals surface area contributed by atoms with E-state index in [-0.39, 0.29) is 18.1 Å². The highest BCUT2D eigenvalue weighted by Gasteiger charge is 2.11. The van der Waals surface area contributed by atoms with Crippen molar-refractivity contribution in [1.82, 2.24) is 9.97 Å². The highest BCUT2D eigenvalue weighted by molar-refractivity contribution is 5.60. The van der Waals surface area contributed by atoms with Gasteiger partial charge >= 0.3 is 0 Å². The Labute approximate surface area is 121 Å². The molecule has 0 bridgehead atoms. The smallest absolute Gasteiger partial charge is 0.158 e. The average Bonchev–Trinajstić information content (AvgIpc) is 2.44. The van der Waals surface area contributed by atoms with Gasteiger partial charge in [-0.15, -0.1) is 0 Å². The zero-order chi connectivity index (χ0) is 15.2. The minimum atomic E-state index is -0.688. The molecule has 0 aliphatic carbocycles. The van der Waals surface area contributed by atoms with Gasteiger partial charge < -0.3 is 15.4 Å². The minimum absolute atomic E-state index is 0.202. The van der Waals surface area contributed by atoms with Gasteiger partial charge in [-0.2, -0.15) is 0 Å². The fourth-order valence-corrected chi connectivity index (χ4v) is 1.77. The van der Waals surface area contributed by atoms with E-state index in [1.807, 2.05) is 6.92 Å². The van der Waals surface area contributed by atoms with E-state index in [0.717, 1.165) is 0 Å². The first-order valence-corrected chi connectivity index (χ1v) is 6.45. The van der Waals surface area contributed by atoms with Crippen molar-refractivity contribution in [1.29, 1.82) is 0 Å². The molecule has 0 aliphatic heterocycles. The molecule has 2 N–H and O–H groups in total. The number of aromatic nitrogens is 2. The topological polar surface area (TPSA) is 59.1 Å². The number of ether oxygens (including phenoxy) is 1. The maximum Gasteiger partial charge on any atom is 0.158 e. The normalized spacial score (nSPS) is 10.5. The minimum Gasteiger partial charge on any atom is -0.377 e. The molecule has 2 aromatic rings. The van der Waals surface area contributed by atoms with Crippen molar-refractivity contribution in [2.24, 2.45) is 0 Å². The lowest BCUT2D eigenvalue weighted by Gasteiger charge is -2.11. The summed E-state index contributed by atoms with van der Waals surface area (Å²) < 4.78 is 32.3. The van der Waals surface area contributed by atoms with Crippen LogP contribution in [-0.4, -0.2) is 23.6 Å². The lowest BCUT2D eigenvalue weighted by molar-refractivity contribution is 0.178. The van der Waals surface area contributed by atoms with Crippen molar-refractivity contribution >= 4 is 17.3 Å². The zero-order valence-corrected chi connectivity index (χ0v) is 11.8. The van der Waals surface area contributed by atoms with Gasteiger partial charge in [0.15, 0.2) is 5.82 Å². The third-order valence-electron chi connectivity index (χ3n) is 2.62. The first-order valence-electron chi connectivity index (χ1n) is 6.45. The van der Waals surface area contributed by atoms with Gasteiger partial charge in [-0.05, 0) is 19.1 Å². The lowest BCUT2D eigenvalue weighted by atomic mass is 10.3. The van der Waals surface area contributed by atoms with Crippen LogP contribution in [0.4, 0.5) is 26.1 Å². The second kappa shape index (κ2) is 6.94. The molecular formula is C14H16F2N4O. The summed E-state index contributed by atoms with van der Waals surface area (Å²) in [6, 6.07) is 5.23. The van der Waals surface area contributed by atoms with Crippen LogP contribution in [0.1, 0.15) is 12.7 Å². The summed E-state index contributed by atoms with van der Waals surface area (Å²) in [6.45, 7) is 2.78. The number of para-hydroxylation sites is 1. The Morgan fingerprint density at radius 1 is 1.14 bits per heavy atom. The maximum absolute atomic E-state index is 13.6. The molecule has 0 saturated heterocycles. The van der Waals surface area contributed by atoms with E-state index in [4.69, 9.17) is 4.74 Å². The average molecular weight is 294 g/mol. The van der Waals surface area contributed by atoms with E-state index < -0.39 is 11.6 Å². The van der Waals surface area contributed by atoms with Gasteiger partial charge in [0.25, 0.3) is 0 Å². The Balaban J connectivity index is 2.34. The standard InChI is InChI=1S/C14H16F2N4O/c1-3-17-11-7-12(19-13(18-11)8-21-2)20-14-9(15)5-4-6-10(14)16/h4-7H,3,8H2,1-2H3,(H2,17,18,19,20). The highest BCUT2D eigenvalue weighted by atomic mass is 19.1. The second-order valence-corrected chi connectivity index (χ2v) is 4.24. The van der Waals surface area contributed by atoms with Crippen LogP contribution >= 0.6 is 0 Å². The molecular weight excluding hydrogens is 278 g/mol. The van der Waals surface area contributed by atoms with Gasteiger partial charge in [0.1, 0.15) is 35.6 Å². The molecule has 5 nitrogen and oxygen atoms in total. The van der Waals surface area contributed by atoms with Crippen LogP contribution in [0.15, 0.2) is 24.3 Å². The summed E-state index contributed by atoms with van der Waals surface area (Å²) in [7, 11) is 1.52. The molecule has 0 unspecified atom stereocenters. The number of rotatable bonds is 6. The van der Waals surface area contributed by atoms with Crippen LogP contribution < -0.4 is 10.6 Å². The number of anilines is 3. The van der Waals surface area contributed by atoms with Crippen LogP contribution in [0.2, 0.25) is 0 Å². The highest BCUT2D eigenvalue weighted by Crippen LogP contribution is 2.23. The molecule has 21 heavy (non-hydrogen) atoms. The van der Waals surface area contributed by atoms with Crippen LogP contribution in [0.5, 0.6) is 0 Å². The third-order valence-corrected chi connectivity index (χ3v) is 2.62. The molecule has 2 rings (SSSR count). The Kier molecular flexibility index (Phi) is 4.99. The summed E-state index contributed by atoms with van der Waals surface area (Å²) >= 11 is 0. The molecule has 7 heteroatoms. The predicted octanol–water partition coefficient (Wildman–Crippen LogP) is 3.08. The number of nitrogens with one attached hydrogen (secondary N) is 2. The number of benzene rings is 1. The van der Waals surface area contributed by atoms with Gasteiger partial charge in [0.05, 0.1) is 0 Å². The molecule has 0 amide bonds. The third kappa shape index (κ3) is 3.85. The number of methoxy groups -OCH3 is 1. The Morgan fingerprint density at radius 2 is 1.81 bits per heavy atom. The van der Waals surface area contributed by atoms with E-state index in [0.29, 0.717) is 18.2 Å². The van der Waals surface area contributed by atoms with Gasteiger partial charge in [0.2, 0.25) is 0 Å². The molecule has 0 fully saturated rings. The van der Waals surface area contributed by atoms with E-state index in [9.17, 15) is 8.78 Å². The Hall–Kier alpha value is -2.28. The molecule has 0 spiro atoms. The van der Waals surface area contributed by atoms with Gasteiger partial charge in [0, 0.05) is 19.7 Å². The van der Waals surface area contributed by atoms with Crippen molar-refractivity contribution < 1.29 is 13.5 Å². The first kappa shape index (κ1) is 15.1. The number of hydrogen-bond acceptors (Lipinski definition) is 5. The molecule has 0 atom stereocenters. The fourth-order valence-electron chi connectivity index (χ4n) is 1.77. The second-order valence-electron chi connectivity index (χ2n) is 4.24. The van der Waals surface area contributed by atoms with E-state index in [1.54, 1.807) is 6.07 Å². The summed E-state index contributed by atoms with van der Waals surface area (Å²) in [5, 5.41) is 5.67. The van der Waals surface area contributed by atoms with Crippen LogP contribution in [-0.2, 0) is 11.3 Å². The summed E-state index contributed by atoms with van der Waals surface area (Å²) in [4.78, 5) is 8.39. The maximum atomic E-state index is 13.6. The summed E-state index contributed by atoms with van der Waals surface area (Å²) in [5.74, 6) is -0.121. The molecule has 1 aromatic carbocycles. The first-order chi connectivity index (χ1) is 10.1. The van der Waals surface area contributed by atoms with E-state index in [1.165, 1.54) is 25.3 Å². The molecule has 1 heterocycles. The molecule has 0 radical (unpaired) electrons. The Morgan fingerprint density at radius 3 is 2.43 bits per heavy atom. The van der Waals surface area contributed by atoms with Crippen molar-refractivity contribution in [3.63, 3.8) is 0 Å². The van der Waals surface area contributed by atoms with Crippen molar-refractivity contribution in [2.45, 2.75) is 13.5 Å². The van der Waals surface area contributed by atoms with Gasteiger partial charge in [-0.3, -0.25) is 0 Å². The Bertz CT molecular complexity index is 577. The van der Waals surface area contributed by atoms with E-state index >= 15 is 0 Å². The molecule has 0 aliphatic rings. The fraction of sp³-hybridized carbons (Fsp3) is 0.286. The van der Waals surface area contributed by atoms with Crippen LogP contribution in [0, 0.1) is 11.6 Å². The van der Waals surface area contributed by atoms with Gasteiger partial charge in [-0.25, -0.2) is 18.7 Å². The summed E-state index contributed by atoms with van der Waals surface area (Å²) in [6.07, 6.45) is 0. The summed E-state index contributed by atoms with van der Waals surface area (Å²) in [5.41, 5.74) is -0.248. The molecule has 0 saturated carbocycles. The lowest BCUT2D eigenvalue weighted by Crippen LogP contribution is -2.07. The number of hydrogen-bond donors (Lipinski definition) is 2.